The number of hydrogen-bond acceptors (Lipinski definition) is 6. The minimum absolute atomic E-state index is 0.0645. The van der Waals surface area contributed by atoms with Crippen LogP contribution in [0.4, 0.5) is 10.8 Å². The molecule has 17 heavy (non-hydrogen) atoms. The molecule has 4 N–H and O–H groups in total. The first-order valence-electron chi connectivity index (χ1n) is 4.86. The minimum atomic E-state index is 0.0645. The molecule has 6 heteroatoms. The van der Waals surface area contributed by atoms with Crippen molar-refractivity contribution in [3.8, 4) is 5.75 Å². The molecule has 0 amide bonds. The van der Waals surface area contributed by atoms with E-state index in [-0.39, 0.29) is 5.75 Å². The van der Waals surface area contributed by atoms with Crippen molar-refractivity contribution >= 4 is 38.7 Å². The number of fused-ring (bicyclic) bond motifs is 1. The third kappa shape index (κ3) is 2.36. The second-order valence-electron chi connectivity index (χ2n) is 3.52. The number of thiazole rings is 1. The number of nitrogens with two attached hydrogens (primary N) is 1. The van der Waals surface area contributed by atoms with E-state index in [1.165, 1.54) is 11.3 Å². The van der Waals surface area contributed by atoms with E-state index < -0.39 is 0 Å². The minimum Gasteiger partial charge on any atom is -0.506 e. The van der Waals surface area contributed by atoms with Gasteiger partial charge in [-0.05, 0) is 6.07 Å². The third-order valence-electron chi connectivity index (χ3n) is 2.18. The van der Waals surface area contributed by atoms with Gasteiger partial charge in [-0.3, -0.25) is 4.79 Å². The van der Waals surface area contributed by atoms with E-state index in [1.807, 2.05) is 6.07 Å². The van der Waals surface area contributed by atoms with Crippen molar-refractivity contribution in [2.75, 3.05) is 17.6 Å². The quantitative estimate of drug-likeness (QED) is 0.567. The number of benzene rings is 1. The molecule has 0 aliphatic heterocycles. The van der Waals surface area contributed by atoms with Gasteiger partial charge in [0.1, 0.15) is 17.6 Å². The van der Waals surface area contributed by atoms with Gasteiger partial charge in [0.15, 0.2) is 5.13 Å². The van der Waals surface area contributed by atoms with Crippen LogP contribution < -0.4 is 11.1 Å². The summed E-state index contributed by atoms with van der Waals surface area (Å²) >= 11 is 1.30. The Labute approximate surface area is 102 Å². The Morgan fingerprint density at radius 2 is 2.41 bits per heavy atom. The van der Waals surface area contributed by atoms with Crippen molar-refractivity contribution in [1.29, 1.82) is 0 Å². The average Bonchev–Trinajstić information content (AvgIpc) is 2.67. The number of carbonyl (C=O) groups is 1. The van der Waals surface area contributed by atoms with E-state index in [0.717, 1.165) is 4.70 Å². The topological polar surface area (TPSA) is 88.2 Å². The van der Waals surface area contributed by atoms with E-state index in [2.05, 4.69) is 16.9 Å². The molecule has 5 nitrogen and oxygen atoms in total. The first-order chi connectivity index (χ1) is 8.10. The fourth-order valence-electron chi connectivity index (χ4n) is 1.39. The fourth-order valence-corrected chi connectivity index (χ4v) is 2.18. The predicted molar refractivity (Wildman–Crippen MR) is 69.4 cm³/mol. The Morgan fingerprint density at radius 1 is 1.65 bits per heavy atom. The average molecular weight is 249 g/mol. The summed E-state index contributed by atoms with van der Waals surface area (Å²) < 4.78 is 0.793. The van der Waals surface area contributed by atoms with Crippen LogP contribution in [0.1, 0.15) is 0 Å². The van der Waals surface area contributed by atoms with E-state index in [1.54, 1.807) is 6.07 Å². The van der Waals surface area contributed by atoms with Crippen molar-refractivity contribution in [3.63, 3.8) is 0 Å². The third-order valence-corrected chi connectivity index (χ3v) is 3.01. The van der Waals surface area contributed by atoms with Gasteiger partial charge in [0.25, 0.3) is 0 Å². The number of aromatic nitrogens is 1. The molecule has 88 valence electrons. The number of anilines is 2. The highest BCUT2D eigenvalue weighted by Gasteiger charge is 2.08. The zero-order valence-electron chi connectivity index (χ0n) is 8.93. The van der Waals surface area contributed by atoms with E-state index in [0.29, 0.717) is 34.7 Å². The second-order valence-corrected chi connectivity index (χ2v) is 4.59. The molecule has 2 aromatic rings. The zero-order chi connectivity index (χ0) is 12.4. The van der Waals surface area contributed by atoms with Gasteiger partial charge in [0, 0.05) is 23.9 Å². The Kier molecular flexibility index (Phi) is 2.97. The van der Waals surface area contributed by atoms with Crippen molar-refractivity contribution in [2.24, 2.45) is 0 Å². The number of nitrogens with zero attached hydrogens (tertiary/aromatic N) is 1. The number of nitrogen functional groups attached to an aromatic ring is 1. The summed E-state index contributed by atoms with van der Waals surface area (Å²) in [6, 6.07) is 3.36. The molecule has 0 fully saturated rings. The first kappa shape index (κ1) is 11.4. The highest BCUT2D eigenvalue weighted by Crippen LogP contribution is 2.33. The maximum Gasteiger partial charge on any atom is 0.181 e. The lowest BCUT2D eigenvalue weighted by atomic mass is 10.2. The largest absolute Gasteiger partial charge is 0.506 e. The van der Waals surface area contributed by atoms with Crippen LogP contribution in [0.15, 0.2) is 24.3 Å². The van der Waals surface area contributed by atoms with Gasteiger partial charge >= 0.3 is 0 Å². The number of aldehydes is 1. The Balaban J connectivity index is 2.29. The van der Waals surface area contributed by atoms with Gasteiger partial charge in [0.05, 0.1) is 4.70 Å². The first-order valence-corrected chi connectivity index (χ1v) is 5.67. The zero-order valence-corrected chi connectivity index (χ0v) is 9.75. The molecule has 2 rings (SSSR count). The smallest absolute Gasteiger partial charge is 0.181 e. The van der Waals surface area contributed by atoms with Crippen LogP contribution in [0.5, 0.6) is 5.75 Å². The van der Waals surface area contributed by atoms with Crippen LogP contribution in [0, 0.1) is 0 Å². The number of rotatable bonds is 4. The highest BCUT2D eigenvalue weighted by molar-refractivity contribution is 7.22. The standard InChI is InChI=1S/C11H11N3O2S/c1-6(5-15)4-13-7-2-8(16)10-9(3-7)17-11(12)14-10/h2-3,5,13,16H,1,4H2,(H2,12,14). The molecule has 0 saturated carbocycles. The molecule has 1 aromatic carbocycles. The van der Waals surface area contributed by atoms with Crippen LogP contribution in [0.25, 0.3) is 10.2 Å². The monoisotopic (exact) mass is 249 g/mol. The van der Waals surface area contributed by atoms with Gasteiger partial charge < -0.3 is 16.2 Å². The van der Waals surface area contributed by atoms with Gasteiger partial charge in [-0.25, -0.2) is 4.98 Å². The van der Waals surface area contributed by atoms with Crippen LogP contribution >= 0.6 is 11.3 Å². The Morgan fingerprint density at radius 3 is 3.12 bits per heavy atom. The van der Waals surface area contributed by atoms with Gasteiger partial charge in [-0.15, -0.1) is 0 Å². The summed E-state index contributed by atoms with van der Waals surface area (Å²) in [5.41, 5.74) is 7.20. The summed E-state index contributed by atoms with van der Waals surface area (Å²) in [7, 11) is 0. The number of aromatic hydroxyl groups is 1. The van der Waals surface area contributed by atoms with Gasteiger partial charge in [0.2, 0.25) is 0 Å². The number of hydrogen-bond donors (Lipinski definition) is 3. The summed E-state index contributed by atoms with van der Waals surface area (Å²) in [5.74, 6) is 0.0645. The van der Waals surface area contributed by atoms with Gasteiger partial charge in [-0.2, -0.15) is 0 Å². The number of nitrogens with one attached hydrogen (secondary N) is 1. The van der Waals surface area contributed by atoms with E-state index in [4.69, 9.17) is 5.73 Å². The highest BCUT2D eigenvalue weighted by atomic mass is 32.1. The second kappa shape index (κ2) is 4.42. The molecule has 0 spiro atoms. The maximum atomic E-state index is 10.4. The molecular weight excluding hydrogens is 238 g/mol. The maximum absolute atomic E-state index is 10.4. The molecule has 1 heterocycles. The molecule has 0 saturated heterocycles. The molecule has 0 unspecified atom stereocenters. The van der Waals surface area contributed by atoms with Gasteiger partial charge in [-0.1, -0.05) is 17.9 Å². The molecule has 0 aliphatic rings. The Hall–Kier alpha value is -2.08. The predicted octanol–water partition coefficient (Wildman–Crippen LogP) is 1.75. The lowest BCUT2D eigenvalue weighted by Crippen LogP contribution is -2.04. The van der Waals surface area contributed by atoms with Crippen LogP contribution in [-0.4, -0.2) is 22.9 Å². The molecule has 0 bridgehead atoms. The van der Waals surface area contributed by atoms with E-state index >= 15 is 0 Å². The summed E-state index contributed by atoms with van der Waals surface area (Å²) in [5, 5.41) is 13.1. The summed E-state index contributed by atoms with van der Waals surface area (Å²) in [6.45, 7) is 3.89. The normalized spacial score (nSPS) is 10.4. The van der Waals surface area contributed by atoms with Crippen molar-refractivity contribution in [3.05, 3.63) is 24.3 Å². The van der Waals surface area contributed by atoms with Crippen LogP contribution in [-0.2, 0) is 4.79 Å². The molecular formula is C11H11N3O2S. The fraction of sp³-hybridized carbons (Fsp3) is 0.0909. The molecule has 0 atom stereocenters. The SMILES string of the molecule is C=C(C=O)CNc1cc(O)c2nc(N)sc2c1. The molecule has 1 aromatic heterocycles. The number of phenolic OH excluding ortho intramolecular Hbond substituents is 1. The Bertz CT molecular complexity index is 592. The lowest BCUT2D eigenvalue weighted by molar-refractivity contribution is -0.104. The lowest BCUT2D eigenvalue weighted by Gasteiger charge is -2.05. The van der Waals surface area contributed by atoms with Crippen molar-refractivity contribution in [1.82, 2.24) is 4.98 Å². The summed E-state index contributed by atoms with van der Waals surface area (Å²) in [4.78, 5) is 14.4. The van der Waals surface area contributed by atoms with Crippen molar-refractivity contribution in [2.45, 2.75) is 0 Å². The number of carbonyl (C=O) groups excluding carboxylic acids is 1. The summed E-state index contributed by atoms with van der Waals surface area (Å²) in [6.07, 6.45) is 0.691. The molecule has 0 aliphatic carbocycles. The van der Waals surface area contributed by atoms with E-state index in [9.17, 15) is 9.90 Å². The van der Waals surface area contributed by atoms with Crippen LogP contribution in [0.2, 0.25) is 0 Å². The molecule has 0 radical (unpaired) electrons. The van der Waals surface area contributed by atoms with Crippen LogP contribution in [0.3, 0.4) is 0 Å². The van der Waals surface area contributed by atoms with Crippen molar-refractivity contribution < 1.29 is 9.90 Å². The number of phenols is 1.